The second-order valence-corrected chi connectivity index (χ2v) is 9.56. The summed E-state index contributed by atoms with van der Waals surface area (Å²) in [6.45, 7) is 3.43. The molecule has 0 heterocycles. The summed E-state index contributed by atoms with van der Waals surface area (Å²) in [6, 6.07) is 0. The molecular formula is C23H45O8P. The van der Waals surface area contributed by atoms with Crippen molar-refractivity contribution >= 4 is 19.8 Å². The molecule has 0 radical (unpaired) electrons. The summed E-state index contributed by atoms with van der Waals surface area (Å²) in [5, 5.41) is 0. The fourth-order valence-corrected chi connectivity index (χ4v) is 3.61. The molecule has 0 spiro atoms. The van der Waals surface area contributed by atoms with E-state index in [1.54, 1.807) is 0 Å². The normalized spacial score (nSPS) is 12.5. The lowest BCUT2D eigenvalue weighted by atomic mass is 10.1. The van der Waals surface area contributed by atoms with Gasteiger partial charge in [-0.15, -0.1) is 0 Å². The Morgan fingerprint density at radius 2 is 1.12 bits per heavy atom. The molecule has 0 aliphatic carbocycles. The first-order valence-electron chi connectivity index (χ1n) is 12.3. The van der Waals surface area contributed by atoms with Gasteiger partial charge in [-0.1, -0.05) is 90.9 Å². The van der Waals surface area contributed by atoms with E-state index in [2.05, 4.69) is 11.4 Å². The molecule has 0 aromatic rings. The van der Waals surface area contributed by atoms with Crippen molar-refractivity contribution in [3.05, 3.63) is 0 Å². The van der Waals surface area contributed by atoms with Gasteiger partial charge in [0.2, 0.25) is 0 Å². The lowest BCUT2D eigenvalue weighted by Gasteiger charge is -2.18. The van der Waals surface area contributed by atoms with E-state index in [0.29, 0.717) is 12.8 Å². The van der Waals surface area contributed by atoms with E-state index < -0.39 is 32.5 Å². The maximum atomic E-state index is 12.1. The number of hydrogen-bond donors (Lipinski definition) is 2. The zero-order valence-corrected chi connectivity index (χ0v) is 21.0. The van der Waals surface area contributed by atoms with E-state index >= 15 is 0 Å². The molecule has 0 saturated heterocycles. The second kappa shape index (κ2) is 20.6. The summed E-state index contributed by atoms with van der Waals surface area (Å²) < 4.78 is 25.7. The average molecular weight is 481 g/mol. The third-order valence-corrected chi connectivity index (χ3v) is 5.61. The van der Waals surface area contributed by atoms with Gasteiger partial charge >= 0.3 is 19.8 Å². The first-order valence-corrected chi connectivity index (χ1v) is 13.9. The third-order valence-electron chi connectivity index (χ3n) is 5.13. The molecule has 0 bridgehead atoms. The smallest absolute Gasteiger partial charge is 0.462 e. The van der Waals surface area contributed by atoms with Gasteiger partial charge in [-0.25, -0.2) is 4.57 Å². The molecule has 190 valence electrons. The molecule has 0 aromatic carbocycles. The van der Waals surface area contributed by atoms with Gasteiger partial charge in [-0.3, -0.25) is 14.1 Å². The third kappa shape index (κ3) is 22.3. The minimum Gasteiger partial charge on any atom is -0.462 e. The van der Waals surface area contributed by atoms with Crippen molar-refractivity contribution in [3.8, 4) is 0 Å². The number of hydrogen-bond acceptors (Lipinski definition) is 6. The Kier molecular flexibility index (Phi) is 20.0. The van der Waals surface area contributed by atoms with Crippen molar-refractivity contribution in [3.63, 3.8) is 0 Å². The molecule has 0 aromatic heterocycles. The molecule has 0 unspecified atom stereocenters. The van der Waals surface area contributed by atoms with Crippen LogP contribution in [-0.4, -0.2) is 41.0 Å². The lowest BCUT2D eigenvalue weighted by molar-refractivity contribution is -0.161. The Bertz CT molecular complexity index is 520. The van der Waals surface area contributed by atoms with Gasteiger partial charge in [0.05, 0.1) is 6.61 Å². The quantitative estimate of drug-likeness (QED) is 0.113. The van der Waals surface area contributed by atoms with E-state index in [4.69, 9.17) is 19.3 Å². The zero-order chi connectivity index (χ0) is 24.1. The van der Waals surface area contributed by atoms with Crippen LogP contribution in [0.3, 0.4) is 0 Å². The minimum atomic E-state index is -4.71. The second-order valence-electron chi connectivity index (χ2n) is 8.32. The van der Waals surface area contributed by atoms with E-state index in [0.717, 1.165) is 32.1 Å². The molecule has 0 fully saturated rings. The largest absolute Gasteiger partial charge is 0.469 e. The Morgan fingerprint density at radius 1 is 0.688 bits per heavy atom. The Balaban J connectivity index is 4.04. The Labute approximate surface area is 194 Å². The number of rotatable bonds is 22. The van der Waals surface area contributed by atoms with Crippen molar-refractivity contribution in [1.82, 2.24) is 0 Å². The maximum Gasteiger partial charge on any atom is 0.469 e. The van der Waals surface area contributed by atoms with E-state index in [-0.39, 0.29) is 19.4 Å². The highest BCUT2D eigenvalue weighted by molar-refractivity contribution is 7.46. The van der Waals surface area contributed by atoms with Crippen LogP contribution in [0.25, 0.3) is 0 Å². The highest BCUT2D eigenvalue weighted by Gasteiger charge is 2.22. The summed E-state index contributed by atoms with van der Waals surface area (Å²) in [5.41, 5.74) is 0. The molecule has 9 heteroatoms. The van der Waals surface area contributed by atoms with Crippen LogP contribution in [0.4, 0.5) is 0 Å². The topological polar surface area (TPSA) is 119 Å². The molecule has 8 nitrogen and oxygen atoms in total. The van der Waals surface area contributed by atoms with Crippen LogP contribution >= 0.6 is 7.82 Å². The molecule has 32 heavy (non-hydrogen) atoms. The van der Waals surface area contributed by atoms with Crippen LogP contribution in [0.1, 0.15) is 117 Å². The van der Waals surface area contributed by atoms with Crippen LogP contribution in [0.2, 0.25) is 0 Å². The summed E-state index contributed by atoms with van der Waals surface area (Å²) in [6.07, 6.45) is 14.9. The van der Waals surface area contributed by atoms with Crippen LogP contribution in [0.5, 0.6) is 0 Å². The van der Waals surface area contributed by atoms with Crippen LogP contribution < -0.4 is 0 Å². The van der Waals surface area contributed by atoms with Crippen LogP contribution in [0, 0.1) is 0 Å². The van der Waals surface area contributed by atoms with Crippen molar-refractivity contribution in [2.75, 3.05) is 13.2 Å². The number of phosphoric ester groups is 1. The van der Waals surface area contributed by atoms with E-state index in [1.165, 1.54) is 44.9 Å². The zero-order valence-electron chi connectivity index (χ0n) is 20.1. The molecule has 0 aliphatic rings. The SMILES string of the molecule is CCCCCCCCCCCCCC(=O)O[C@H](COC(=O)CCCCC)COP(=O)(O)O. The average Bonchev–Trinajstić information content (AvgIpc) is 2.73. The fourth-order valence-electron chi connectivity index (χ4n) is 3.25. The number of ether oxygens (including phenoxy) is 2. The summed E-state index contributed by atoms with van der Waals surface area (Å²) in [4.78, 5) is 41.6. The lowest BCUT2D eigenvalue weighted by Crippen LogP contribution is -2.29. The van der Waals surface area contributed by atoms with Crippen LogP contribution in [0.15, 0.2) is 0 Å². The van der Waals surface area contributed by atoms with Crippen molar-refractivity contribution in [1.29, 1.82) is 0 Å². The fraction of sp³-hybridized carbons (Fsp3) is 0.913. The monoisotopic (exact) mass is 480 g/mol. The summed E-state index contributed by atoms with van der Waals surface area (Å²) in [7, 11) is -4.71. The minimum absolute atomic E-state index is 0.216. The van der Waals surface area contributed by atoms with Crippen molar-refractivity contribution in [2.45, 2.75) is 123 Å². The Hall–Kier alpha value is -0.950. The molecule has 2 N–H and O–H groups in total. The van der Waals surface area contributed by atoms with Gasteiger partial charge in [0, 0.05) is 12.8 Å². The number of unbranched alkanes of at least 4 members (excludes halogenated alkanes) is 12. The van der Waals surface area contributed by atoms with Crippen LogP contribution in [-0.2, 0) is 28.2 Å². The molecule has 0 amide bonds. The number of carbonyl (C=O) groups excluding carboxylic acids is 2. The van der Waals surface area contributed by atoms with E-state index in [1.807, 2.05) is 6.92 Å². The van der Waals surface area contributed by atoms with Gasteiger partial charge in [0.1, 0.15) is 6.61 Å². The van der Waals surface area contributed by atoms with Crippen molar-refractivity contribution in [2.24, 2.45) is 0 Å². The molecule has 0 aliphatic heterocycles. The summed E-state index contributed by atoms with van der Waals surface area (Å²) in [5.74, 6) is -0.914. The Morgan fingerprint density at radius 3 is 1.66 bits per heavy atom. The number of phosphoric acid groups is 1. The van der Waals surface area contributed by atoms with Gasteiger partial charge < -0.3 is 19.3 Å². The van der Waals surface area contributed by atoms with Gasteiger partial charge in [0.15, 0.2) is 6.10 Å². The molecular weight excluding hydrogens is 435 g/mol. The van der Waals surface area contributed by atoms with Gasteiger partial charge in [-0.2, -0.15) is 0 Å². The maximum absolute atomic E-state index is 12.1. The highest BCUT2D eigenvalue weighted by Crippen LogP contribution is 2.35. The standard InChI is InChI=1S/C23H45O8P/c1-3-5-7-8-9-10-11-12-13-14-16-18-23(25)31-21(20-30-32(26,27)28)19-29-22(24)17-15-6-4-2/h21H,3-20H2,1-2H3,(H2,26,27,28)/t21-/m1/s1. The molecule has 0 saturated carbocycles. The van der Waals surface area contributed by atoms with E-state index in [9.17, 15) is 14.2 Å². The number of carbonyl (C=O) groups is 2. The highest BCUT2D eigenvalue weighted by atomic mass is 31.2. The first kappa shape index (κ1) is 31.0. The predicted octanol–water partition coefficient (Wildman–Crippen LogP) is 5.83. The van der Waals surface area contributed by atoms with Gasteiger partial charge in [0.25, 0.3) is 0 Å². The summed E-state index contributed by atoms with van der Waals surface area (Å²) >= 11 is 0. The first-order chi connectivity index (χ1) is 15.3. The predicted molar refractivity (Wildman–Crippen MR) is 124 cm³/mol. The molecule has 1 atom stereocenters. The van der Waals surface area contributed by atoms with Gasteiger partial charge in [-0.05, 0) is 12.8 Å². The molecule has 0 rings (SSSR count). The van der Waals surface area contributed by atoms with Crippen molar-refractivity contribution < 1.29 is 37.9 Å². The number of esters is 2.